The number of nitrogens with two attached hydrogens (primary N) is 1. The molecule has 2 aromatic rings. The monoisotopic (exact) mass is 452 g/mol. The molecule has 30 heavy (non-hydrogen) atoms. The van der Waals surface area contributed by atoms with E-state index >= 15 is 0 Å². The van der Waals surface area contributed by atoms with Gasteiger partial charge >= 0.3 is 0 Å². The second-order valence-corrected chi connectivity index (χ2v) is 8.45. The Bertz CT molecular complexity index is 1040. The van der Waals surface area contributed by atoms with Gasteiger partial charge in [-0.3, -0.25) is 14.4 Å². The van der Waals surface area contributed by atoms with Crippen molar-refractivity contribution in [3.05, 3.63) is 59.1 Å². The third-order valence-electron chi connectivity index (χ3n) is 3.94. The van der Waals surface area contributed by atoms with E-state index in [-0.39, 0.29) is 29.1 Å². The van der Waals surface area contributed by atoms with E-state index in [4.69, 9.17) is 17.3 Å². The van der Waals surface area contributed by atoms with Crippen LogP contribution in [-0.2, 0) is 19.6 Å². The number of benzene rings is 2. The molecule has 1 atom stereocenters. The minimum atomic E-state index is -3.95. The quantitative estimate of drug-likeness (QED) is 0.452. The van der Waals surface area contributed by atoms with E-state index < -0.39 is 33.8 Å². The number of rotatable bonds is 9. The lowest BCUT2D eigenvalue weighted by atomic mass is 10.1. The molecule has 0 saturated carbocycles. The third-order valence-corrected chi connectivity index (χ3v) is 5.74. The molecule has 0 saturated heterocycles. The van der Waals surface area contributed by atoms with Crippen LogP contribution in [0.25, 0.3) is 0 Å². The standard InChI is InChI=1S/C19H21ClN4O5S/c1-12(24-30(28,29)14-8-6-13(20)7-9-14)18(26)23-16-5-3-2-4-15(16)19(27)22-11-10-17(21)25/h2-9,12,24H,10-11H2,1H3,(H2,21,25)(H,22,27)(H,23,26)/t12-/m0/s1. The Morgan fingerprint density at radius 3 is 2.33 bits per heavy atom. The molecule has 0 aliphatic rings. The van der Waals surface area contributed by atoms with Crippen LogP contribution in [0.4, 0.5) is 5.69 Å². The maximum absolute atomic E-state index is 12.5. The van der Waals surface area contributed by atoms with Crippen molar-refractivity contribution < 1.29 is 22.8 Å². The van der Waals surface area contributed by atoms with Crippen molar-refractivity contribution in [3.63, 3.8) is 0 Å². The highest BCUT2D eigenvalue weighted by Gasteiger charge is 2.23. The number of amides is 3. The van der Waals surface area contributed by atoms with Gasteiger partial charge in [-0.25, -0.2) is 8.42 Å². The zero-order valence-corrected chi connectivity index (χ0v) is 17.6. The summed E-state index contributed by atoms with van der Waals surface area (Å²) in [6, 6.07) is 10.6. The van der Waals surface area contributed by atoms with Gasteiger partial charge in [0.15, 0.2) is 0 Å². The Morgan fingerprint density at radius 2 is 1.70 bits per heavy atom. The number of anilines is 1. The fourth-order valence-corrected chi connectivity index (χ4v) is 3.72. The van der Waals surface area contributed by atoms with E-state index in [1.54, 1.807) is 12.1 Å². The molecule has 9 nitrogen and oxygen atoms in total. The van der Waals surface area contributed by atoms with Crippen LogP contribution in [0, 0.1) is 0 Å². The maximum Gasteiger partial charge on any atom is 0.253 e. The molecular formula is C19H21ClN4O5S. The molecule has 0 unspecified atom stereocenters. The number of para-hydroxylation sites is 1. The number of primary amides is 1. The Morgan fingerprint density at radius 1 is 1.07 bits per heavy atom. The summed E-state index contributed by atoms with van der Waals surface area (Å²) in [7, 11) is -3.95. The minimum Gasteiger partial charge on any atom is -0.370 e. The van der Waals surface area contributed by atoms with Crippen molar-refractivity contribution in [2.75, 3.05) is 11.9 Å². The average Bonchev–Trinajstić information content (AvgIpc) is 2.68. The highest BCUT2D eigenvalue weighted by atomic mass is 35.5. The Kier molecular flexibility index (Phi) is 7.93. The van der Waals surface area contributed by atoms with Gasteiger partial charge in [-0.1, -0.05) is 23.7 Å². The summed E-state index contributed by atoms with van der Waals surface area (Å²) in [5.74, 6) is -1.73. The van der Waals surface area contributed by atoms with Crippen molar-refractivity contribution in [2.24, 2.45) is 5.73 Å². The van der Waals surface area contributed by atoms with Gasteiger partial charge in [0.25, 0.3) is 5.91 Å². The summed E-state index contributed by atoms with van der Waals surface area (Å²) in [6.07, 6.45) is -0.0240. The van der Waals surface area contributed by atoms with Crippen LogP contribution >= 0.6 is 11.6 Å². The highest BCUT2D eigenvalue weighted by Crippen LogP contribution is 2.17. The van der Waals surface area contributed by atoms with Crippen LogP contribution in [0.15, 0.2) is 53.4 Å². The van der Waals surface area contributed by atoms with Crippen LogP contribution in [0.2, 0.25) is 5.02 Å². The van der Waals surface area contributed by atoms with Crippen LogP contribution in [-0.4, -0.2) is 38.7 Å². The van der Waals surface area contributed by atoms with E-state index in [0.717, 1.165) is 0 Å². The zero-order valence-electron chi connectivity index (χ0n) is 16.0. The Hall–Kier alpha value is -2.95. The van der Waals surface area contributed by atoms with Gasteiger partial charge < -0.3 is 16.4 Å². The lowest BCUT2D eigenvalue weighted by molar-refractivity contribution is -0.118. The highest BCUT2D eigenvalue weighted by molar-refractivity contribution is 7.89. The van der Waals surface area contributed by atoms with Gasteiger partial charge in [-0.15, -0.1) is 0 Å². The molecule has 5 N–H and O–H groups in total. The molecule has 0 aromatic heterocycles. The van der Waals surface area contributed by atoms with Crippen LogP contribution in [0.1, 0.15) is 23.7 Å². The minimum absolute atomic E-state index is 0.0240. The number of hydrogen-bond acceptors (Lipinski definition) is 5. The number of nitrogens with one attached hydrogen (secondary N) is 3. The average molecular weight is 453 g/mol. The van der Waals surface area contributed by atoms with E-state index in [1.165, 1.54) is 43.3 Å². The largest absolute Gasteiger partial charge is 0.370 e. The van der Waals surface area contributed by atoms with Crippen LogP contribution < -0.4 is 21.1 Å². The number of sulfonamides is 1. The summed E-state index contributed by atoms with van der Waals surface area (Å²) < 4.78 is 27.1. The topological polar surface area (TPSA) is 147 Å². The van der Waals surface area contributed by atoms with E-state index in [9.17, 15) is 22.8 Å². The maximum atomic E-state index is 12.5. The summed E-state index contributed by atoms with van der Waals surface area (Å²) in [5.41, 5.74) is 5.38. The van der Waals surface area contributed by atoms with Crippen molar-refractivity contribution in [1.82, 2.24) is 10.0 Å². The van der Waals surface area contributed by atoms with Crippen LogP contribution in [0.3, 0.4) is 0 Å². The lowest BCUT2D eigenvalue weighted by Gasteiger charge is -2.16. The van der Waals surface area contributed by atoms with Crippen molar-refractivity contribution in [3.8, 4) is 0 Å². The van der Waals surface area contributed by atoms with Crippen molar-refractivity contribution in [2.45, 2.75) is 24.3 Å². The molecule has 0 fully saturated rings. The second kappa shape index (κ2) is 10.2. The van der Waals surface area contributed by atoms with Gasteiger partial charge in [-0.05, 0) is 43.3 Å². The zero-order chi connectivity index (χ0) is 22.3. The number of carbonyl (C=O) groups excluding carboxylic acids is 3. The summed E-state index contributed by atoms with van der Waals surface area (Å²) in [5, 5.41) is 5.44. The predicted molar refractivity (Wildman–Crippen MR) is 112 cm³/mol. The molecule has 0 radical (unpaired) electrons. The molecule has 0 heterocycles. The lowest BCUT2D eigenvalue weighted by Crippen LogP contribution is -2.41. The van der Waals surface area contributed by atoms with Gasteiger partial charge in [0.2, 0.25) is 21.8 Å². The molecule has 2 aromatic carbocycles. The van der Waals surface area contributed by atoms with Crippen molar-refractivity contribution in [1.29, 1.82) is 0 Å². The third kappa shape index (κ3) is 6.55. The molecule has 0 aliphatic heterocycles. The second-order valence-electron chi connectivity index (χ2n) is 6.30. The first-order chi connectivity index (χ1) is 14.1. The normalized spacial score (nSPS) is 12.1. The van der Waals surface area contributed by atoms with E-state index in [2.05, 4.69) is 15.4 Å². The summed E-state index contributed by atoms with van der Waals surface area (Å²) in [6.45, 7) is 1.42. The molecule has 160 valence electrons. The Labute approximate surface area is 179 Å². The number of carbonyl (C=O) groups is 3. The molecule has 11 heteroatoms. The predicted octanol–water partition coefficient (Wildman–Crippen LogP) is 1.25. The van der Waals surface area contributed by atoms with Gasteiger partial charge in [-0.2, -0.15) is 4.72 Å². The van der Waals surface area contributed by atoms with Gasteiger partial charge in [0, 0.05) is 18.0 Å². The molecule has 0 bridgehead atoms. The molecule has 3 amide bonds. The SMILES string of the molecule is C[C@H](NS(=O)(=O)c1ccc(Cl)cc1)C(=O)Nc1ccccc1C(=O)NCCC(N)=O. The first-order valence-corrected chi connectivity index (χ1v) is 10.7. The number of halogens is 1. The molecule has 0 spiro atoms. The molecule has 0 aliphatic carbocycles. The molecule has 2 rings (SSSR count). The summed E-state index contributed by atoms with van der Waals surface area (Å²) in [4.78, 5) is 35.6. The Balaban J connectivity index is 2.07. The van der Waals surface area contributed by atoms with Gasteiger partial charge in [0.1, 0.15) is 0 Å². The fourth-order valence-electron chi connectivity index (χ4n) is 2.39. The van der Waals surface area contributed by atoms with E-state index in [1.807, 2.05) is 0 Å². The summed E-state index contributed by atoms with van der Waals surface area (Å²) >= 11 is 5.76. The van der Waals surface area contributed by atoms with Crippen molar-refractivity contribution >= 4 is 45.0 Å². The molecular weight excluding hydrogens is 432 g/mol. The fraction of sp³-hybridized carbons (Fsp3) is 0.211. The van der Waals surface area contributed by atoms with E-state index in [0.29, 0.717) is 5.02 Å². The smallest absolute Gasteiger partial charge is 0.253 e. The number of hydrogen-bond donors (Lipinski definition) is 4. The first kappa shape index (κ1) is 23.3. The first-order valence-electron chi connectivity index (χ1n) is 8.84. The van der Waals surface area contributed by atoms with Gasteiger partial charge in [0.05, 0.1) is 22.2 Å². The van der Waals surface area contributed by atoms with Crippen LogP contribution in [0.5, 0.6) is 0 Å².